The van der Waals surface area contributed by atoms with Crippen LogP contribution in [0.3, 0.4) is 0 Å². The number of hydrogen-bond acceptors (Lipinski definition) is 1. The van der Waals surface area contributed by atoms with Gasteiger partial charge in [-0.3, -0.25) is 0 Å². The van der Waals surface area contributed by atoms with Gasteiger partial charge in [-0.1, -0.05) is 20.8 Å². The molecule has 0 saturated carbocycles. The van der Waals surface area contributed by atoms with E-state index in [-0.39, 0.29) is 11.6 Å². The first kappa shape index (κ1) is 16.1. The van der Waals surface area contributed by atoms with Gasteiger partial charge in [0.1, 0.15) is 11.6 Å². The molecule has 1 aromatic rings. The molecule has 0 radical (unpaired) electrons. The third-order valence-corrected chi connectivity index (χ3v) is 3.43. The van der Waals surface area contributed by atoms with Gasteiger partial charge in [-0.15, -0.1) is 0 Å². The average Bonchev–Trinajstić information content (AvgIpc) is 2.37. The van der Waals surface area contributed by atoms with E-state index in [1.54, 1.807) is 0 Å². The molecule has 1 rings (SSSR count). The van der Waals surface area contributed by atoms with Crippen molar-refractivity contribution in [3.05, 3.63) is 35.4 Å². The Morgan fingerprint density at radius 1 is 1.21 bits per heavy atom. The lowest BCUT2D eigenvalue weighted by Gasteiger charge is -2.22. The largest absolute Gasteiger partial charge is 0.314 e. The molecule has 0 amide bonds. The molecule has 1 N–H and O–H groups in total. The molecule has 0 fully saturated rings. The second-order valence-electron chi connectivity index (χ2n) is 5.43. The van der Waals surface area contributed by atoms with E-state index < -0.39 is 0 Å². The minimum Gasteiger partial charge on any atom is -0.314 e. The van der Waals surface area contributed by atoms with Gasteiger partial charge in [0.25, 0.3) is 0 Å². The number of hydrogen-bond donors (Lipinski definition) is 1. The Bertz CT molecular complexity index is 377. The lowest BCUT2D eigenvalue weighted by atomic mass is 9.96. The first-order chi connectivity index (χ1) is 9.04. The molecule has 19 heavy (non-hydrogen) atoms. The fourth-order valence-electron chi connectivity index (χ4n) is 2.25. The lowest BCUT2D eigenvalue weighted by Crippen LogP contribution is -2.34. The standard InChI is InChI=1S/C16H25F2N/c1-4-10-19-16(12(2)3)7-5-6-13-11-14(17)8-9-15(13)18/h8-9,11-12,16,19H,4-7,10H2,1-3H3. The molecule has 0 heterocycles. The Hall–Kier alpha value is -0.960. The third-order valence-electron chi connectivity index (χ3n) is 3.43. The summed E-state index contributed by atoms with van der Waals surface area (Å²) in [7, 11) is 0. The molecule has 0 aromatic heterocycles. The van der Waals surface area contributed by atoms with Crippen LogP contribution in [0, 0.1) is 17.6 Å². The minimum absolute atomic E-state index is 0.302. The van der Waals surface area contributed by atoms with Crippen molar-refractivity contribution in [3.8, 4) is 0 Å². The summed E-state index contributed by atoms with van der Waals surface area (Å²) in [6.07, 6.45) is 3.58. The zero-order valence-electron chi connectivity index (χ0n) is 12.2. The number of rotatable bonds is 8. The minimum atomic E-state index is -0.360. The second kappa shape index (κ2) is 8.26. The maximum atomic E-state index is 13.5. The molecule has 1 nitrogen and oxygen atoms in total. The van der Waals surface area contributed by atoms with Gasteiger partial charge in [0.05, 0.1) is 0 Å². The third kappa shape index (κ3) is 5.68. The summed E-state index contributed by atoms with van der Waals surface area (Å²) < 4.78 is 26.5. The van der Waals surface area contributed by atoms with E-state index in [2.05, 4.69) is 26.1 Å². The zero-order valence-corrected chi connectivity index (χ0v) is 12.2. The first-order valence-electron chi connectivity index (χ1n) is 7.22. The van der Waals surface area contributed by atoms with Crippen LogP contribution < -0.4 is 5.32 Å². The highest BCUT2D eigenvalue weighted by atomic mass is 19.1. The number of nitrogens with one attached hydrogen (secondary N) is 1. The van der Waals surface area contributed by atoms with Crippen LogP contribution >= 0.6 is 0 Å². The van der Waals surface area contributed by atoms with Crippen molar-refractivity contribution < 1.29 is 8.78 Å². The maximum absolute atomic E-state index is 13.5. The van der Waals surface area contributed by atoms with Crippen LogP contribution in [0.4, 0.5) is 8.78 Å². The fraction of sp³-hybridized carbons (Fsp3) is 0.625. The summed E-state index contributed by atoms with van der Waals surface area (Å²) in [6, 6.07) is 4.13. The average molecular weight is 269 g/mol. The molecule has 3 heteroatoms. The molecule has 0 bridgehead atoms. The van der Waals surface area contributed by atoms with Gasteiger partial charge >= 0.3 is 0 Å². The molecule has 0 aliphatic rings. The van der Waals surface area contributed by atoms with Crippen LogP contribution in [0.1, 0.15) is 45.6 Å². The fourth-order valence-corrected chi connectivity index (χ4v) is 2.25. The topological polar surface area (TPSA) is 12.0 Å². The molecular formula is C16H25F2N. The van der Waals surface area contributed by atoms with Crippen molar-refractivity contribution in [1.82, 2.24) is 5.32 Å². The summed E-state index contributed by atoms with van der Waals surface area (Å²) in [5.74, 6) is -0.103. The van der Waals surface area contributed by atoms with E-state index in [1.165, 1.54) is 18.2 Å². The molecule has 0 spiro atoms. The summed E-state index contributed by atoms with van der Waals surface area (Å²) in [5, 5.41) is 3.51. The SMILES string of the molecule is CCCNC(CCCc1cc(F)ccc1F)C(C)C. The first-order valence-corrected chi connectivity index (χ1v) is 7.22. The molecule has 0 aliphatic carbocycles. The van der Waals surface area contributed by atoms with Crippen molar-refractivity contribution in [1.29, 1.82) is 0 Å². The predicted octanol–water partition coefficient (Wildman–Crippen LogP) is 4.31. The molecule has 1 aromatic carbocycles. The molecule has 1 atom stereocenters. The van der Waals surface area contributed by atoms with E-state index in [4.69, 9.17) is 0 Å². The second-order valence-corrected chi connectivity index (χ2v) is 5.43. The van der Waals surface area contributed by atoms with Gasteiger partial charge < -0.3 is 5.32 Å². The van der Waals surface area contributed by atoms with E-state index in [9.17, 15) is 8.78 Å². The maximum Gasteiger partial charge on any atom is 0.126 e. The summed E-state index contributed by atoms with van der Waals surface area (Å²) >= 11 is 0. The Labute approximate surface area is 115 Å². The van der Waals surface area contributed by atoms with Crippen molar-refractivity contribution in [3.63, 3.8) is 0 Å². The molecular weight excluding hydrogens is 244 g/mol. The predicted molar refractivity (Wildman–Crippen MR) is 76.2 cm³/mol. The van der Waals surface area contributed by atoms with Crippen LogP contribution in [0.25, 0.3) is 0 Å². The monoisotopic (exact) mass is 269 g/mol. The van der Waals surface area contributed by atoms with Gasteiger partial charge in [0, 0.05) is 6.04 Å². The van der Waals surface area contributed by atoms with Gasteiger partial charge in [0.15, 0.2) is 0 Å². The van der Waals surface area contributed by atoms with Crippen LogP contribution in [0.2, 0.25) is 0 Å². The summed E-state index contributed by atoms with van der Waals surface area (Å²) in [4.78, 5) is 0. The van der Waals surface area contributed by atoms with Crippen molar-refractivity contribution in [2.75, 3.05) is 6.54 Å². The van der Waals surface area contributed by atoms with Crippen LogP contribution in [0.5, 0.6) is 0 Å². The van der Waals surface area contributed by atoms with Crippen molar-refractivity contribution in [2.24, 2.45) is 5.92 Å². The summed E-state index contributed by atoms with van der Waals surface area (Å²) in [6.45, 7) is 7.54. The summed E-state index contributed by atoms with van der Waals surface area (Å²) in [5.41, 5.74) is 0.484. The van der Waals surface area contributed by atoms with E-state index in [1.807, 2.05) is 0 Å². The quantitative estimate of drug-likeness (QED) is 0.741. The Kier molecular flexibility index (Phi) is 7.00. The highest BCUT2D eigenvalue weighted by Gasteiger charge is 2.12. The van der Waals surface area contributed by atoms with Crippen LogP contribution in [0.15, 0.2) is 18.2 Å². The lowest BCUT2D eigenvalue weighted by molar-refractivity contribution is 0.369. The molecule has 0 saturated heterocycles. The van der Waals surface area contributed by atoms with Gasteiger partial charge in [0.2, 0.25) is 0 Å². The van der Waals surface area contributed by atoms with Crippen LogP contribution in [-0.4, -0.2) is 12.6 Å². The number of halogens is 2. The molecule has 1 unspecified atom stereocenters. The highest BCUT2D eigenvalue weighted by Crippen LogP contribution is 2.15. The van der Waals surface area contributed by atoms with Crippen molar-refractivity contribution in [2.45, 2.75) is 52.5 Å². The van der Waals surface area contributed by atoms with Crippen molar-refractivity contribution >= 4 is 0 Å². The van der Waals surface area contributed by atoms with E-state index >= 15 is 0 Å². The molecule has 108 valence electrons. The van der Waals surface area contributed by atoms with Gasteiger partial charge in [-0.05, 0) is 61.9 Å². The number of benzene rings is 1. The smallest absolute Gasteiger partial charge is 0.126 e. The zero-order chi connectivity index (χ0) is 14.3. The normalized spacial score (nSPS) is 12.9. The number of aryl methyl sites for hydroxylation is 1. The Morgan fingerprint density at radius 3 is 2.58 bits per heavy atom. The molecule has 0 aliphatic heterocycles. The Balaban J connectivity index is 2.44. The van der Waals surface area contributed by atoms with Crippen LogP contribution in [-0.2, 0) is 6.42 Å². The highest BCUT2D eigenvalue weighted by molar-refractivity contribution is 5.18. The van der Waals surface area contributed by atoms with Gasteiger partial charge in [-0.2, -0.15) is 0 Å². The van der Waals surface area contributed by atoms with E-state index in [0.717, 1.165) is 25.8 Å². The van der Waals surface area contributed by atoms with E-state index in [0.29, 0.717) is 23.9 Å². The van der Waals surface area contributed by atoms with Gasteiger partial charge in [-0.25, -0.2) is 8.78 Å². The Morgan fingerprint density at radius 2 is 1.95 bits per heavy atom.